The molecule has 0 spiro atoms. The maximum atomic E-state index is 12.7. The quantitative estimate of drug-likeness (QED) is 0.298. The van der Waals surface area contributed by atoms with Gasteiger partial charge in [0.1, 0.15) is 25.5 Å². The molecule has 0 radical (unpaired) electrons. The van der Waals surface area contributed by atoms with Gasteiger partial charge in [-0.25, -0.2) is 4.79 Å². The number of ether oxygens (including phenoxy) is 3. The number of aromatic nitrogens is 2. The number of esters is 1. The summed E-state index contributed by atoms with van der Waals surface area (Å²) in [6.45, 7) is 2.57. The summed E-state index contributed by atoms with van der Waals surface area (Å²) in [6.07, 6.45) is 0. The van der Waals surface area contributed by atoms with Gasteiger partial charge in [0.05, 0.1) is 5.56 Å². The number of hydrogen-bond acceptors (Lipinski definition) is 7. The summed E-state index contributed by atoms with van der Waals surface area (Å²) in [4.78, 5) is 28.1. The molecule has 31 heavy (non-hydrogen) atoms. The molecule has 0 saturated heterocycles. The highest BCUT2D eigenvalue weighted by atomic mass is 16.6. The molecule has 0 amide bonds. The SMILES string of the molecule is Cc1[nH]c2ccccc2c1C(=O)C(=O)OCc1cc(-c2ccc3c(c2)OCCO3)on1. The maximum absolute atomic E-state index is 12.7. The predicted octanol–water partition coefficient (Wildman–Crippen LogP) is 3.83. The number of carbonyl (C=O) groups is 2. The summed E-state index contributed by atoms with van der Waals surface area (Å²) < 4.78 is 21.6. The number of aromatic amines is 1. The van der Waals surface area contributed by atoms with Crippen LogP contribution < -0.4 is 9.47 Å². The van der Waals surface area contributed by atoms with Crippen molar-refractivity contribution in [1.82, 2.24) is 10.1 Å². The maximum Gasteiger partial charge on any atom is 0.380 e. The van der Waals surface area contributed by atoms with Gasteiger partial charge in [-0.1, -0.05) is 23.4 Å². The van der Waals surface area contributed by atoms with Gasteiger partial charge in [-0.05, 0) is 31.2 Å². The number of benzene rings is 2. The first-order valence-electron chi connectivity index (χ1n) is 9.74. The van der Waals surface area contributed by atoms with Crippen LogP contribution in [0.4, 0.5) is 0 Å². The van der Waals surface area contributed by atoms with Crippen molar-refractivity contribution in [1.29, 1.82) is 0 Å². The number of Topliss-reactive ketones (excluding diaryl/α,β-unsaturated/α-hetero) is 1. The number of rotatable bonds is 5. The fourth-order valence-electron chi connectivity index (χ4n) is 3.59. The molecular weight excluding hydrogens is 400 g/mol. The van der Waals surface area contributed by atoms with Crippen LogP contribution in [0.2, 0.25) is 0 Å². The first-order valence-corrected chi connectivity index (χ1v) is 9.74. The molecule has 8 nitrogen and oxygen atoms in total. The lowest BCUT2D eigenvalue weighted by atomic mass is 10.1. The summed E-state index contributed by atoms with van der Waals surface area (Å²) in [5.74, 6) is 0.145. The van der Waals surface area contributed by atoms with E-state index in [0.717, 1.165) is 11.1 Å². The van der Waals surface area contributed by atoms with Crippen molar-refractivity contribution in [3.63, 3.8) is 0 Å². The third-order valence-electron chi connectivity index (χ3n) is 5.04. The fourth-order valence-corrected chi connectivity index (χ4v) is 3.59. The topological polar surface area (TPSA) is 104 Å². The third-order valence-corrected chi connectivity index (χ3v) is 5.04. The predicted molar refractivity (Wildman–Crippen MR) is 110 cm³/mol. The Hall–Kier alpha value is -4.07. The number of hydrogen-bond donors (Lipinski definition) is 1. The van der Waals surface area contributed by atoms with E-state index in [9.17, 15) is 9.59 Å². The molecule has 0 saturated carbocycles. The van der Waals surface area contributed by atoms with E-state index in [4.69, 9.17) is 18.7 Å². The molecule has 4 aromatic rings. The van der Waals surface area contributed by atoms with Gasteiger partial charge in [0.15, 0.2) is 17.3 Å². The Morgan fingerprint density at radius 3 is 2.74 bits per heavy atom. The molecule has 1 N–H and O–H groups in total. The minimum Gasteiger partial charge on any atom is -0.486 e. The van der Waals surface area contributed by atoms with E-state index in [1.165, 1.54) is 0 Å². The second kappa shape index (κ2) is 7.64. The zero-order valence-corrected chi connectivity index (χ0v) is 16.6. The average Bonchev–Trinajstić information content (AvgIpc) is 3.40. The van der Waals surface area contributed by atoms with Crippen LogP contribution in [0.1, 0.15) is 21.7 Å². The number of nitrogens with zero attached hydrogens (tertiary/aromatic N) is 1. The van der Waals surface area contributed by atoms with Crippen molar-refractivity contribution >= 4 is 22.7 Å². The van der Waals surface area contributed by atoms with Crippen molar-refractivity contribution in [2.75, 3.05) is 13.2 Å². The van der Waals surface area contributed by atoms with E-state index in [2.05, 4.69) is 10.1 Å². The lowest BCUT2D eigenvalue weighted by molar-refractivity contribution is -0.139. The number of aryl methyl sites for hydroxylation is 1. The molecule has 2 aromatic heterocycles. The highest BCUT2D eigenvalue weighted by Crippen LogP contribution is 2.34. The van der Waals surface area contributed by atoms with E-state index in [-0.39, 0.29) is 6.61 Å². The van der Waals surface area contributed by atoms with Crippen LogP contribution in [-0.2, 0) is 16.1 Å². The smallest absolute Gasteiger partial charge is 0.380 e. The van der Waals surface area contributed by atoms with E-state index < -0.39 is 11.8 Å². The molecule has 5 rings (SSSR count). The molecule has 1 aliphatic heterocycles. The summed E-state index contributed by atoms with van der Waals surface area (Å²) in [5.41, 5.74) is 2.86. The Balaban J connectivity index is 1.28. The highest BCUT2D eigenvalue weighted by molar-refractivity contribution is 6.43. The molecule has 0 unspecified atom stereocenters. The number of nitrogens with one attached hydrogen (secondary N) is 1. The molecule has 8 heteroatoms. The van der Waals surface area contributed by atoms with Crippen molar-refractivity contribution in [2.45, 2.75) is 13.5 Å². The molecule has 2 aromatic carbocycles. The van der Waals surface area contributed by atoms with Gasteiger partial charge in [0, 0.05) is 28.2 Å². The number of para-hydroxylation sites is 1. The van der Waals surface area contributed by atoms with Gasteiger partial charge in [-0.15, -0.1) is 0 Å². The molecule has 0 aliphatic carbocycles. The first-order chi connectivity index (χ1) is 15.1. The Bertz CT molecular complexity index is 1300. The average molecular weight is 418 g/mol. The Labute approximate surface area is 176 Å². The van der Waals surface area contributed by atoms with Gasteiger partial charge in [-0.2, -0.15) is 0 Å². The lowest BCUT2D eigenvalue weighted by Gasteiger charge is -2.18. The van der Waals surface area contributed by atoms with Crippen LogP contribution in [0, 0.1) is 6.92 Å². The monoisotopic (exact) mass is 418 g/mol. The molecule has 0 atom stereocenters. The standard InChI is InChI=1S/C23H18N2O6/c1-13-21(16-4-2-3-5-17(16)24-13)22(26)23(27)30-12-15-11-19(31-25-15)14-6-7-18-20(10-14)29-9-8-28-18/h2-7,10-11,24H,8-9,12H2,1H3. The van der Waals surface area contributed by atoms with E-state index >= 15 is 0 Å². The summed E-state index contributed by atoms with van der Waals surface area (Å²) >= 11 is 0. The minimum atomic E-state index is -0.947. The second-order valence-electron chi connectivity index (χ2n) is 7.12. The van der Waals surface area contributed by atoms with Crippen molar-refractivity contribution < 1.29 is 28.3 Å². The normalized spacial score (nSPS) is 12.7. The van der Waals surface area contributed by atoms with Gasteiger partial charge >= 0.3 is 5.97 Å². The first kappa shape index (κ1) is 18.9. The largest absolute Gasteiger partial charge is 0.486 e. The van der Waals surface area contributed by atoms with Crippen molar-refractivity contribution in [3.8, 4) is 22.8 Å². The van der Waals surface area contributed by atoms with Crippen LogP contribution in [0.25, 0.3) is 22.2 Å². The van der Waals surface area contributed by atoms with Crippen LogP contribution >= 0.6 is 0 Å². The van der Waals surface area contributed by atoms with Crippen molar-refractivity contribution in [3.05, 3.63) is 65.5 Å². The van der Waals surface area contributed by atoms with Gasteiger partial charge in [0.25, 0.3) is 5.78 Å². The Kier molecular flexibility index (Phi) is 4.66. The van der Waals surface area contributed by atoms with E-state index in [0.29, 0.717) is 52.8 Å². The summed E-state index contributed by atoms with van der Waals surface area (Å²) in [7, 11) is 0. The van der Waals surface area contributed by atoms with Crippen LogP contribution in [0.5, 0.6) is 11.5 Å². The highest BCUT2D eigenvalue weighted by Gasteiger charge is 2.24. The number of carbonyl (C=O) groups excluding carboxylic acids is 2. The summed E-state index contributed by atoms with van der Waals surface area (Å²) in [5, 5.41) is 4.61. The molecule has 0 fully saturated rings. The number of ketones is 1. The Morgan fingerprint density at radius 2 is 1.87 bits per heavy atom. The molecule has 156 valence electrons. The number of fused-ring (bicyclic) bond motifs is 2. The number of H-pyrrole nitrogens is 1. The minimum absolute atomic E-state index is 0.181. The van der Waals surface area contributed by atoms with Crippen LogP contribution in [0.15, 0.2) is 53.1 Å². The third kappa shape index (κ3) is 3.52. The van der Waals surface area contributed by atoms with Gasteiger partial charge in [0.2, 0.25) is 0 Å². The second-order valence-corrected chi connectivity index (χ2v) is 7.12. The fraction of sp³-hybridized carbons (Fsp3) is 0.174. The van der Waals surface area contributed by atoms with E-state index in [1.807, 2.05) is 24.3 Å². The van der Waals surface area contributed by atoms with Gasteiger partial charge in [-0.3, -0.25) is 4.79 Å². The molecule has 1 aliphatic rings. The summed E-state index contributed by atoms with van der Waals surface area (Å²) in [6, 6.07) is 14.4. The zero-order valence-electron chi connectivity index (χ0n) is 16.6. The lowest BCUT2D eigenvalue weighted by Crippen LogP contribution is -2.18. The molecule has 3 heterocycles. The van der Waals surface area contributed by atoms with Crippen LogP contribution in [-0.4, -0.2) is 35.1 Å². The van der Waals surface area contributed by atoms with Crippen molar-refractivity contribution in [2.24, 2.45) is 0 Å². The zero-order chi connectivity index (χ0) is 21.4. The van der Waals surface area contributed by atoms with Gasteiger partial charge < -0.3 is 23.7 Å². The Morgan fingerprint density at radius 1 is 1.06 bits per heavy atom. The molecule has 0 bridgehead atoms. The van der Waals surface area contributed by atoms with E-state index in [1.54, 1.807) is 31.2 Å². The van der Waals surface area contributed by atoms with Crippen LogP contribution in [0.3, 0.4) is 0 Å². The molecular formula is C23H18N2O6.